The Balaban J connectivity index is 2.02. The highest BCUT2D eigenvalue weighted by molar-refractivity contribution is 6.01. The summed E-state index contributed by atoms with van der Waals surface area (Å²) < 4.78 is 16.3. The van der Waals surface area contributed by atoms with Gasteiger partial charge < -0.3 is 14.2 Å². The van der Waals surface area contributed by atoms with Crippen molar-refractivity contribution in [1.29, 1.82) is 0 Å². The second-order valence-corrected chi connectivity index (χ2v) is 7.02. The van der Waals surface area contributed by atoms with E-state index in [-0.39, 0.29) is 24.2 Å². The maximum atomic E-state index is 13.3. The number of esters is 2. The molecule has 0 bridgehead atoms. The molecule has 1 heterocycles. The van der Waals surface area contributed by atoms with E-state index in [9.17, 15) is 14.4 Å². The molecule has 0 aliphatic rings. The predicted molar refractivity (Wildman–Crippen MR) is 123 cm³/mol. The molecule has 172 valence electrons. The second kappa shape index (κ2) is 10.4. The molecule has 9 nitrogen and oxygen atoms in total. The van der Waals surface area contributed by atoms with Crippen molar-refractivity contribution in [1.82, 2.24) is 9.78 Å². The Kier molecular flexibility index (Phi) is 7.45. The van der Waals surface area contributed by atoms with Gasteiger partial charge in [0.15, 0.2) is 0 Å². The normalized spacial score (nSPS) is 11.2. The van der Waals surface area contributed by atoms with Crippen LogP contribution in [0.2, 0.25) is 0 Å². The Morgan fingerprint density at radius 1 is 1.03 bits per heavy atom. The van der Waals surface area contributed by atoms with Crippen LogP contribution in [0.4, 0.5) is 5.69 Å². The van der Waals surface area contributed by atoms with Crippen molar-refractivity contribution in [2.24, 2.45) is 4.99 Å². The summed E-state index contributed by atoms with van der Waals surface area (Å²) in [5, 5.41) is 2.99. The van der Waals surface area contributed by atoms with Crippen molar-refractivity contribution in [3.8, 4) is 11.4 Å². The van der Waals surface area contributed by atoms with Crippen LogP contribution in [0.25, 0.3) is 5.69 Å². The SMILES string of the molecule is CCOC(=O)c1ccc(N=C(C)c2c(CC(=O)OC)[nH]n(-c3ccc(OC)cc3)c2=O)cc1. The van der Waals surface area contributed by atoms with Crippen LogP contribution in [-0.4, -0.2) is 48.3 Å². The molecule has 0 amide bonds. The van der Waals surface area contributed by atoms with E-state index < -0.39 is 11.9 Å². The van der Waals surface area contributed by atoms with Gasteiger partial charge in [-0.05, 0) is 62.4 Å². The van der Waals surface area contributed by atoms with Gasteiger partial charge in [-0.1, -0.05) is 0 Å². The first kappa shape index (κ1) is 23.5. The molecule has 9 heteroatoms. The molecule has 3 rings (SSSR count). The number of aliphatic imine (C=N–C) groups is 1. The Hall–Kier alpha value is -4.14. The number of aromatic amines is 1. The van der Waals surface area contributed by atoms with E-state index in [0.29, 0.717) is 34.1 Å². The Labute approximate surface area is 190 Å². The molecule has 0 saturated heterocycles. The van der Waals surface area contributed by atoms with Crippen molar-refractivity contribution >= 4 is 23.3 Å². The minimum atomic E-state index is -0.494. The van der Waals surface area contributed by atoms with Crippen LogP contribution in [0.1, 0.15) is 35.5 Å². The number of rotatable bonds is 8. The number of nitrogens with one attached hydrogen (secondary N) is 1. The highest BCUT2D eigenvalue weighted by Crippen LogP contribution is 2.18. The number of ether oxygens (including phenoxy) is 3. The molecule has 0 aliphatic heterocycles. The number of methoxy groups -OCH3 is 2. The highest BCUT2D eigenvalue weighted by atomic mass is 16.5. The van der Waals surface area contributed by atoms with Gasteiger partial charge in [0.1, 0.15) is 5.75 Å². The van der Waals surface area contributed by atoms with Crippen molar-refractivity contribution in [3.63, 3.8) is 0 Å². The van der Waals surface area contributed by atoms with Crippen LogP contribution in [0.3, 0.4) is 0 Å². The number of aromatic nitrogens is 2. The van der Waals surface area contributed by atoms with E-state index in [0.717, 1.165) is 0 Å². The third-order valence-electron chi connectivity index (χ3n) is 4.88. The molecule has 0 spiro atoms. The average Bonchev–Trinajstić information content (AvgIpc) is 3.15. The van der Waals surface area contributed by atoms with Gasteiger partial charge in [-0.3, -0.25) is 19.7 Å². The fourth-order valence-electron chi connectivity index (χ4n) is 3.25. The number of hydrogen-bond acceptors (Lipinski definition) is 7. The lowest BCUT2D eigenvalue weighted by atomic mass is 10.1. The van der Waals surface area contributed by atoms with Crippen LogP contribution in [0.15, 0.2) is 58.3 Å². The third kappa shape index (κ3) is 5.38. The third-order valence-corrected chi connectivity index (χ3v) is 4.88. The lowest BCUT2D eigenvalue weighted by molar-refractivity contribution is -0.139. The number of benzene rings is 2. The average molecular weight is 451 g/mol. The monoisotopic (exact) mass is 451 g/mol. The smallest absolute Gasteiger partial charge is 0.338 e. The minimum absolute atomic E-state index is 0.126. The van der Waals surface area contributed by atoms with Crippen molar-refractivity contribution in [3.05, 3.63) is 75.7 Å². The zero-order chi connectivity index (χ0) is 24.0. The largest absolute Gasteiger partial charge is 0.497 e. The van der Waals surface area contributed by atoms with E-state index in [4.69, 9.17) is 14.2 Å². The first-order chi connectivity index (χ1) is 15.9. The van der Waals surface area contributed by atoms with Crippen molar-refractivity contribution in [2.45, 2.75) is 20.3 Å². The standard InChI is InChI=1S/C24H25N3O6/c1-5-33-24(30)16-6-8-17(9-7-16)25-15(2)22-20(14-21(28)32-4)26-27(23(22)29)18-10-12-19(31-3)13-11-18/h6-13,26H,5,14H2,1-4H3. The molecule has 2 aromatic carbocycles. The number of nitrogens with zero attached hydrogens (tertiary/aromatic N) is 2. The van der Waals surface area contributed by atoms with Gasteiger partial charge in [-0.15, -0.1) is 0 Å². The van der Waals surface area contributed by atoms with Crippen molar-refractivity contribution in [2.75, 3.05) is 20.8 Å². The summed E-state index contributed by atoms with van der Waals surface area (Å²) in [4.78, 5) is 41.6. The maximum Gasteiger partial charge on any atom is 0.338 e. The molecule has 0 saturated carbocycles. The van der Waals surface area contributed by atoms with Crippen LogP contribution in [0, 0.1) is 0 Å². The van der Waals surface area contributed by atoms with Crippen LogP contribution < -0.4 is 10.3 Å². The van der Waals surface area contributed by atoms with E-state index in [2.05, 4.69) is 10.1 Å². The summed E-state index contributed by atoms with van der Waals surface area (Å²) in [5.74, 6) is -0.263. The summed E-state index contributed by atoms with van der Waals surface area (Å²) >= 11 is 0. The zero-order valence-corrected chi connectivity index (χ0v) is 18.9. The molecule has 1 aromatic heterocycles. The molecule has 3 aromatic rings. The molecule has 0 fully saturated rings. The first-order valence-electron chi connectivity index (χ1n) is 10.3. The maximum absolute atomic E-state index is 13.3. The van der Waals surface area contributed by atoms with Gasteiger partial charge in [0.2, 0.25) is 0 Å². The summed E-state index contributed by atoms with van der Waals surface area (Å²) in [6.07, 6.45) is -0.126. The quantitative estimate of drug-likeness (QED) is 0.416. The molecular formula is C24H25N3O6. The van der Waals surface area contributed by atoms with Gasteiger partial charge in [-0.2, -0.15) is 0 Å². The van der Waals surface area contributed by atoms with E-state index in [1.54, 1.807) is 69.5 Å². The molecule has 0 unspecified atom stereocenters. The fraction of sp³-hybridized carbons (Fsp3) is 0.250. The van der Waals surface area contributed by atoms with Gasteiger partial charge in [0.25, 0.3) is 5.56 Å². The summed E-state index contributed by atoms with van der Waals surface area (Å²) in [6, 6.07) is 13.4. The Morgan fingerprint density at radius 2 is 1.70 bits per heavy atom. The number of hydrogen-bond donors (Lipinski definition) is 1. The Bertz CT molecular complexity index is 1220. The van der Waals surface area contributed by atoms with E-state index in [1.807, 2.05) is 0 Å². The Morgan fingerprint density at radius 3 is 2.27 bits per heavy atom. The number of carbonyl (C=O) groups excluding carboxylic acids is 2. The summed E-state index contributed by atoms with van der Waals surface area (Å²) in [5.41, 5.74) is 2.22. The highest BCUT2D eigenvalue weighted by Gasteiger charge is 2.20. The molecule has 0 radical (unpaired) electrons. The number of H-pyrrole nitrogens is 1. The van der Waals surface area contributed by atoms with Gasteiger partial charge in [-0.25, -0.2) is 9.48 Å². The van der Waals surface area contributed by atoms with Gasteiger partial charge >= 0.3 is 11.9 Å². The minimum Gasteiger partial charge on any atom is -0.497 e. The van der Waals surface area contributed by atoms with Crippen LogP contribution in [-0.2, 0) is 20.7 Å². The van der Waals surface area contributed by atoms with Gasteiger partial charge in [0.05, 0.1) is 61.2 Å². The lowest BCUT2D eigenvalue weighted by Crippen LogP contribution is -2.20. The molecule has 0 atom stereocenters. The molecule has 0 aliphatic carbocycles. The summed E-state index contributed by atoms with van der Waals surface area (Å²) in [7, 11) is 2.84. The molecule has 33 heavy (non-hydrogen) atoms. The summed E-state index contributed by atoms with van der Waals surface area (Å²) in [6.45, 7) is 3.71. The number of carbonyl (C=O) groups is 2. The van der Waals surface area contributed by atoms with Crippen LogP contribution >= 0.6 is 0 Å². The second-order valence-electron chi connectivity index (χ2n) is 7.02. The van der Waals surface area contributed by atoms with E-state index >= 15 is 0 Å². The topological polar surface area (TPSA) is 112 Å². The molecule has 1 N–H and O–H groups in total. The molecular weight excluding hydrogens is 426 g/mol. The van der Waals surface area contributed by atoms with Crippen LogP contribution in [0.5, 0.6) is 5.75 Å². The van der Waals surface area contributed by atoms with Crippen molar-refractivity contribution < 1.29 is 23.8 Å². The first-order valence-corrected chi connectivity index (χ1v) is 10.3. The fourth-order valence-corrected chi connectivity index (χ4v) is 3.25. The zero-order valence-electron chi connectivity index (χ0n) is 18.9. The van der Waals surface area contributed by atoms with E-state index in [1.165, 1.54) is 11.8 Å². The lowest BCUT2D eigenvalue weighted by Gasteiger charge is -2.04. The predicted octanol–water partition coefficient (Wildman–Crippen LogP) is 3.21. The van der Waals surface area contributed by atoms with Gasteiger partial charge in [0, 0.05) is 0 Å².